The molecule has 2 fully saturated rings. The van der Waals surface area contributed by atoms with Gasteiger partial charge in [0.2, 0.25) is 5.91 Å². The van der Waals surface area contributed by atoms with E-state index in [9.17, 15) is 36.7 Å². The van der Waals surface area contributed by atoms with Gasteiger partial charge < -0.3 is 10.6 Å². The number of piperidine rings is 1. The van der Waals surface area contributed by atoms with Crippen LogP contribution in [0.5, 0.6) is 0 Å². The molecule has 2 aliphatic heterocycles. The zero-order valence-electron chi connectivity index (χ0n) is 17.6. The Morgan fingerprint density at radius 1 is 1.18 bits per heavy atom. The maximum absolute atomic E-state index is 13.6. The smallest absolute Gasteiger partial charge is 0.368 e. The van der Waals surface area contributed by atoms with E-state index in [1.165, 1.54) is 0 Å². The molecule has 0 aliphatic carbocycles. The molecule has 1 unspecified atom stereocenters. The van der Waals surface area contributed by atoms with Crippen LogP contribution < -0.4 is 5.73 Å². The van der Waals surface area contributed by atoms with Crippen LogP contribution in [-0.2, 0) is 15.8 Å². The SMILES string of the molecule is CCCC(C(N)=O)N1C(=O)SC(=C2CCN(C(=O)c3cc(F)ccc3C(F)(F)F)CC2)C1=O. The molecule has 4 amide bonds. The van der Waals surface area contributed by atoms with Crippen molar-refractivity contribution < 1.29 is 36.7 Å². The van der Waals surface area contributed by atoms with E-state index in [0.29, 0.717) is 42.0 Å². The normalized spacial score (nSPS) is 18.2. The number of primary amides is 1. The molecule has 0 spiro atoms. The number of nitrogens with zero attached hydrogens (tertiary/aromatic N) is 2. The van der Waals surface area contributed by atoms with E-state index in [1.54, 1.807) is 6.92 Å². The number of thioether (sulfide) groups is 1. The van der Waals surface area contributed by atoms with Crippen molar-refractivity contribution in [1.82, 2.24) is 9.80 Å². The highest BCUT2D eigenvalue weighted by molar-refractivity contribution is 8.18. The molecule has 2 aliphatic rings. The lowest BCUT2D eigenvalue weighted by atomic mass is 10.00. The second-order valence-electron chi connectivity index (χ2n) is 7.66. The van der Waals surface area contributed by atoms with Crippen LogP contribution in [0.3, 0.4) is 0 Å². The zero-order chi connectivity index (χ0) is 24.5. The van der Waals surface area contributed by atoms with Gasteiger partial charge in [0, 0.05) is 13.1 Å². The van der Waals surface area contributed by atoms with E-state index >= 15 is 0 Å². The number of carbonyl (C=O) groups is 4. The van der Waals surface area contributed by atoms with Crippen molar-refractivity contribution in [2.45, 2.75) is 44.8 Å². The quantitative estimate of drug-likeness (QED) is 0.505. The van der Waals surface area contributed by atoms with Crippen LogP contribution in [0.1, 0.15) is 48.5 Å². The molecule has 1 aromatic rings. The van der Waals surface area contributed by atoms with E-state index in [1.807, 2.05) is 0 Å². The molecule has 7 nitrogen and oxygen atoms in total. The van der Waals surface area contributed by atoms with Crippen molar-refractivity contribution in [3.05, 3.63) is 45.6 Å². The number of hydrogen-bond acceptors (Lipinski definition) is 5. The molecule has 2 saturated heterocycles. The van der Waals surface area contributed by atoms with Gasteiger partial charge >= 0.3 is 6.18 Å². The minimum Gasteiger partial charge on any atom is -0.368 e. The highest BCUT2D eigenvalue weighted by Gasteiger charge is 2.43. The van der Waals surface area contributed by atoms with Crippen molar-refractivity contribution in [3.8, 4) is 0 Å². The van der Waals surface area contributed by atoms with Gasteiger partial charge in [0.1, 0.15) is 11.9 Å². The van der Waals surface area contributed by atoms with Gasteiger partial charge in [-0.2, -0.15) is 13.2 Å². The maximum Gasteiger partial charge on any atom is 0.417 e. The van der Waals surface area contributed by atoms with Crippen LogP contribution in [0, 0.1) is 5.82 Å². The Hall–Kier alpha value is -2.89. The van der Waals surface area contributed by atoms with Gasteiger partial charge in [0.15, 0.2) is 0 Å². The summed E-state index contributed by atoms with van der Waals surface area (Å²) in [5, 5.41) is -0.618. The summed E-state index contributed by atoms with van der Waals surface area (Å²) in [6, 6.07) is 0.668. The minimum atomic E-state index is -4.83. The number of alkyl halides is 3. The lowest BCUT2D eigenvalue weighted by Gasteiger charge is -2.30. The number of imide groups is 1. The van der Waals surface area contributed by atoms with E-state index in [0.717, 1.165) is 9.80 Å². The van der Waals surface area contributed by atoms with Crippen molar-refractivity contribution in [3.63, 3.8) is 0 Å². The number of halogens is 4. The lowest BCUT2D eigenvalue weighted by Crippen LogP contribution is -2.47. The van der Waals surface area contributed by atoms with Gasteiger partial charge in [-0.3, -0.25) is 24.1 Å². The first-order chi connectivity index (χ1) is 15.5. The van der Waals surface area contributed by atoms with Gasteiger partial charge in [-0.25, -0.2) is 4.39 Å². The summed E-state index contributed by atoms with van der Waals surface area (Å²) in [7, 11) is 0. The highest BCUT2D eigenvalue weighted by atomic mass is 32.2. The predicted octanol–water partition coefficient (Wildman–Crippen LogP) is 3.68. The number of benzene rings is 1. The van der Waals surface area contributed by atoms with E-state index in [-0.39, 0.29) is 37.3 Å². The number of hydrogen-bond donors (Lipinski definition) is 1. The molecule has 12 heteroatoms. The fraction of sp³-hybridized carbons (Fsp3) is 0.429. The van der Waals surface area contributed by atoms with Crippen LogP contribution in [0.2, 0.25) is 0 Å². The van der Waals surface area contributed by atoms with E-state index in [2.05, 4.69) is 0 Å². The average molecular weight is 487 g/mol. The number of amides is 4. The van der Waals surface area contributed by atoms with Crippen molar-refractivity contribution in [2.75, 3.05) is 13.1 Å². The molecule has 0 saturated carbocycles. The molecule has 0 aromatic heterocycles. The van der Waals surface area contributed by atoms with Gasteiger partial charge in [-0.05, 0) is 54.8 Å². The Labute approximate surface area is 190 Å². The Bertz CT molecular complexity index is 1030. The first-order valence-electron chi connectivity index (χ1n) is 10.2. The molecule has 1 atom stereocenters. The molecule has 0 bridgehead atoms. The zero-order valence-corrected chi connectivity index (χ0v) is 18.4. The third kappa shape index (κ3) is 5.05. The van der Waals surface area contributed by atoms with E-state index < -0.39 is 52.1 Å². The summed E-state index contributed by atoms with van der Waals surface area (Å²) in [6.45, 7) is 1.76. The Morgan fingerprint density at radius 2 is 1.82 bits per heavy atom. The van der Waals surface area contributed by atoms with Crippen LogP contribution in [0.4, 0.5) is 22.4 Å². The van der Waals surface area contributed by atoms with Crippen molar-refractivity contribution in [2.24, 2.45) is 5.73 Å². The fourth-order valence-electron chi connectivity index (χ4n) is 3.85. The number of rotatable bonds is 5. The second-order valence-corrected chi connectivity index (χ2v) is 8.62. The summed E-state index contributed by atoms with van der Waals surface area (Å²) < 4.78 is 53.3. The lowest BCUT2D eigenvalue weighted by molar-refractivity contribution is -0.138. The summed E-state index contributed by atoms with van der Waals surface area (Å²) in [6.07, 6.45) is -3.78. The Kier molecular flexibility index (Phi) is 7.15. The molecular weight excluding hydrogens is 466 g/mol. The largest absolute Gasteiger partial charge is 0.417 e. The molecule has 1 aromatic carbocycles. The van der Waals surface area contributed by atoms with Crippen molar-refractivity contribution >= 4 is 34.7 Å². The molecule has 0 radical (unpaired) electrons. The van der Waals surface area contributed by atoms with E-state index in [4.69, 9.17) is 5.73 Å². The highest BCUT2D eigenvalue weighted by Crippen LogP contribution is 2.39. The number of nitrogens with two attached hydrogens (primary N) is 1. The Balaban J connectivity index is 1.78. The van der Waals surface area contributed by atoms with Gasteiger partial charge in [-0.1, -0.05) is 13.3 Å². The van der Waals surface area contributed by atoms with Gasteiger partial charge in [0.05, 0.1) is 16.0 Å². The van der Waals surface area contributed by atoms with Crippen LogP contribution in [0.25, 0.3) is 0 Å². The third-order valence-corrected chi connectivity index (χ3v) is 6.53. The van der Waals surface area contributed by atoms with Crippen molar-refractivity contribution in [1.29, 1.82) is 0 Å². The monoisotopic (exact) mass is 487 g/mol. The summed E-state index contributed by atoms with van der Waals surface area (Å²) in [5.74, 6) is -3.36. The van der Waals surface area contributed by atoms with Gasteiger partial charge in [-0.15, -0.1) is 0 Å². The molecule has 33 heavy (non-hydrogen) atoms. The topological polar surface area (TPSA) is 101 Å². The molecule has 178 valence electrons. The first-order valence-corrected chi connectivity index (χ1v) is 11.0. The third-order valence-electron chi connectivity index (χ3n) is 5.49. The van der Waals surface area contributed by atoms with Crippen LogP contribution in [-0.4, -0.2) is 51.9 Å². The minimum absolute atomic E-state index is 0.0122. The Morgan fingerprint density at radius 3 is 2.36 bits per heavy atom. The summed E-state index contributed by atoms with van der Waals surface area (Å²) in [4.78, 5) is 51.8. The fourth-order valence-corrected chi connectivity index (χ4v) is 4.87. The molecule has 3 rings (SSSR count). The second kappa shape index (κ2) is 9.54. The summed E-state index contributed by atoms with van der Waals surface area (Å²) in [5.41, 5.74) is 3.91. The number of likely N-dealkylation sites (tertiary alicyclic amines) is 1. The molecule has 2 heterocycles. The molecule has 2 N–H and O–H groups in total. The average Bonchev–Trinajstić information content (AvgIpc) is 3.04. The van der Waals surface area contributed by atoms with Gasteiger partial charge in [0.25, 0.3) is 17.1 Å². The van der Waals surface area contributed by atoms with Crippen LogP contribution >= 0.6 is 11.8 Å². The number of carbonyl (C=O) groups excluding carboxylic acids is 4. The van der Waals surface area contributed by atoms with Crippen LogP contribution in [0.15, 0.2) is 28.7 Å². The maximum atomic E-state index is 13.6. The first kappa shape index (κ1) is 24.7. The molecular formula is C21H21F4N3O4S. The predicted molar refractivity (Wildman–Crippen MR) is 111 cm³/mol. The summed E-state index contributed by atoms with van der Waals surface area (Å²) >= 11 is 0.681. The standard InChI is InChI=1S/C21H21F4N3O4S/c1-2-3-15(17(26)29)28-19(31)16(33-20(28)32)11-6-8-27(9-7-11)18(30)13-10-12(22)4-5-14(13)21(23,24)25/h4-5,10,15H,2-3,6-9H2,1H3,(H2,26,29).